The fourth-order valence-corrected chi connectivity index (χ4v) is 1.07. The standard InChI is InChI=1S/C11H18N2O3/c1-7(11(2,3)4)6-8-12-13-9(16-8)10(14)15-5/h7H,6H2,1-5H3. The van der Waals surface area contributed by atoms with Crippen LogP contribution in [0.25, 0.3) is 0 Å². The molecule has 1 aromatic rings. The van der Waals surface area contributed by atoms with E-state index in [0.29, 0.717) is 18.2 Å². The number of ether oxygens (including phenoxy) is 1. The van der Waals surface area contributed by atoms with Crippen LogP contribution in [0.5, 0.6) is 0 Å². The van der Waals surface area contributed by atoms with Crippen molar-refractivity contribution in [1.29, 1.82) is 0 Å². The third kappa shape index (κ3) is 3.05. The van der Waals surface area contributed by atoms with Crippen LogP contribution in [-0.4, -0.2) is 23.3 Å². The highest BCUT2D eigenvalue weighted by Gasteiger charge is 2.23. The van der Waals surface area contributed by atoms with Gasteiger partial charge in [0.05, 0.1) is 7.11 Å². The van der Waals surface area contributed by atoms with E-state index in [1.165, 1.54) is 7.11 Å². The highest BCUT2D eigenvalue weighted by atomic mass is 16.5. The smallest absolute Gasteiger partial charge is 0.396 e. The maximum Gasteiger partial charge on any atom is 0.396 e. The number of carbonyl (C=O) groups excluding carboxylic acids is 1. The van der Waals surface area contributed by atoms with Gasteiger partial charge < -0.3 is 9.15 Å². The topological polar surface area (TPSA) is 65.2 Å². The Balaban J connectivity index is 2.69. The van der Waals surface area contributed by atoms with Crippen molar-refractivity contribution in [2.45, 2.75) is 34.1 Å². The Morgan fingerprint density at radius 2 is 2.06 bits per heavy atom. The lowest BCUT2D eigenvalue weighted by molar-refractivity contribution is 0.0553. The summed E-state index contributed by atoms with van der Waals surface area (Å²) in [6.07, 6.45) is 0.660. The molecule has 1 atom stereocenters. The number of aromatic nitrogens is 2. The first kappa shape index (κ1) is 12.7. The lowest BCUT2D eigenvalue weighted by Gasteiger charge is -2.25. The molecule has 0 N–H and O–H groups in total. The fraction of sp³-hybridized carbons (Fsp3) is 0.727. The number of hydrogen-bond acceptors (Lipinski definition) is 5. The van der Waals surface area contributed by atoms with Gasteiger partial charge in [-0.2, -0.15) is 0 Å². The van der Waals surface area contributed by atoms with E-state index in [1.807, 2.05) is 0 Å². The Kier molecular flexibility index (Phi) is 3.67. The molecule has 1 rings (SSSR count). The van der Waals surface area contributed by atoms with Gasteiger partial charge >= 0.3 is 11.9 Å². The summed E-state index contributed by atoms with van der Waals surface area (Å²) in [4.78, 5) is 11.1. The van der Waals surface area contributed by atoms with Crippen molar-refractivity contribution in [1.82, 2.24) is 10.2 Å². The number of carbonyl (C=O) groups is 1. The molecule has 1 unspecified atom stereocenters. The van der Waals surface area contributed by atoms with Gasteiger partial charge in [-0.1, -0.05) is 27.7 Å². The zero-order valence-electron chi connectivity index (χ0n) is 10.4. The van der Waals surface area contributed by atoms with Crippen molar-refractivity contribution in [3.05, 3.63) is 11.8 Å². The molecule has 90 valence electrons. The SMILES string of the molecule is COC(=O)c1nnc(CC(C)C(C)(C)C)o1. The second-order valence-electron chi connectivity index (χ2n) is 4.96. The fourth-order valence-electron chi connectivity index (χ4n) is 1.07. The van der Waals surface area contributed by atoms with Gasteiger partial charge in [0.15, 0.2) is 0 Å². The van der Waals surface area contributed by atoms with E-state index in [1.54, 1.807) is 0 Å². The summed E-state index contributed by atoms with van der Waals surface area (Å²) >= 11 is 0. The van der Waals surface area contributed by atoms with Crippen molar-refractivity contribution < 1.29 is 13.9 Å². The van der Waals surface area contributed by atoms with Crippen molar-refractivity contribution in [2.24, 2.45) is 11.3 Å². The predicted molar refractivity (Wildman–Crippen MR) is 58.0 cm³/mol. The summed E-state index contributed by atoms with van der Waals surface area (Å²) in [5, 5.41) is 7.45. The third-order valence-corrected chi connectivity index (χ3v) is 2.79. The first-order valence-corrected chi connectivity index (χ1v) is 5.25. The highest BCUT2D eigenvalue weighted by Crippen LogP contribution is 2.27. The van der Waals surface area contributed by atoms with Gasteiger partial charge in [0.25, 0.3) is 0 Å². The number of methoxy groups -OCH3 is 1. The van der Waals surface area contributed by atoms with Gasteiger partial charge in [-0.3, -0.25) is 0 Å². The molecule has 0 aliphatic carbocycles. The molecule has 5 heteroatoms. The first-order valence-electron chi connectivity index (χ1n) is 5.25. The van der Waals surface area contributed by atoms with Crippen molar-refractivity contribution >= 4 is 5.97 Å². The molecule has 1 aromatic heterocycles. The Hall–Kier alpha value is -1.39. The molecule has 5 nitrogen and oxygen atoms in total. The number of hydrogen-bond donors (Lipinski definition) is 0. The van der Waals surface area contributed by atoms with Crippen LogP contribution in [0.15, 0.2) is 4.42 Å². The van der Waals surface area contributed by atoms with E-state index in [9.17, 15) is 4.79 Å². The minimum atomic E-state index is -0.595. The molecule has 1 heterocycles. The van der Waals surface area contributed by atoms with E-state index in [4.69, 9.17) is 4.42 Å². The highest BCUT2D eigenvalue weighted by molar-refractivity contribution is 5.83. The largest absolute Gasteiger partial charge is 0.462 e. The van der Waals surface area contributed by atoms with Crippen LogP contribution >= 0.6 is 0 Å². The van der Waals surface area contributed by atoms with Gasteiger partial charge in [0, 0.05) is 6.42 Å². The van der Waals surface area contributed by atoms with Crippen LogP contribution in [0, 0.1) is 11.3 Å². The summed E-state index contributed by atoms with van der Waals surface area (Å²) in [6.45, 7) is 8.56. The van der Waals surface area contributed by atoms with E-state index < -0.39 is 5.97 Å². The Morgan fingerprint density at radius 3 is 2.56 bits per heavy atom. The molecule has 0 aliphatic heterocycles. The second kappa shape index (κ2) is 4.63. The average Bonchev–Trinajstić information content (AvgIpc) is 2.63. The van der Waals surface area contributed by atoms with Crippen molar-refractivity contribution in [3.8, 4) is 0 Å². The Morgan fingerprint density at radius 1 is 1.44 bits per heavy atom. The molecule has 0 bridgehead atoms. The van der Waals surface area contributed by atoms with Gasteiger partial charge in [0.1, 0.15) is 0 Å². The quantitative estimate of drug-likeness (QED) is 0.738. The van der Waals surface area contributed by atoms with E-state index in [-0.39, 0.29) is 11.3 Å². The molecular weight excluding hydrogens is 208 g/mol. The Labute approximate surface area is 95.2 Å². The number of esters is 1. The van der Waals surface area contributed by atoms with Gasteiger partial charge in [-0.15, -0.1) is 10.2 Å². The molecular formula is C11H18N2O3. The molecule has 0 amide bonds. The number of rotatable bonds is 3. The molecule has 0 radical (unpaired) electrons. The average molecular weight is 226 g/mol. The lowest BCUT2D eigenvalue weighted by Crippen LogP contribution is -2.19. The maximum absolute atomic E-state index is 11.1. The van der Waals surface area contributed by atoms with Crippen LogP contribution < -0.4 is 0 Å². The minimum absolute atomic E-state index is 0.0846. The van der Waals surface area contributed by atoms with Crippen molar-refractivity contribution in [2.75, 3.05) is 7.11 Å². The summed E-state index contributed by atoms with van der Waals surface area (Å²) in [5.41, 5.74) is 0.167. The minimum Gasteiger partial charge on any atom is -0.462 e. The van der Waals surface area contributed by atoms with Crippen LogP contribution in [0.4, 0.5) is 0 Å². The summed E-state index contributed by atoms with van der Waals surface area (Å²) in [7, 11) is 1.28. The van der Waals surface area contributed by atoms with Crippen LogP contribution in [0.2, 0.25) is 0 Å². The van der Waals surface area contributed by atoms with E-state index >= 15 is 0 Å². The zero-order valence-corrected chi connectivity index (χ0v) is 10.4. The van der Waals surface area contributed by atoms with Crippen molar-refractivity contribution in [3.63, 3.8) is 0 Å². The number of nitrogens with zero attached hydrogens (tertiary/aromatic N) is 2. The monoisotopic (exact) mass is 226 g/mol. The summed E-state index contributed by atoms with van der Waals surface area (Å²) < 4.78 is 9.69. The molecule has 0 spiro atoms. The van der Waals surface area contributed by atoms with Gasteiger partial charge in [-0.25, -0.2) is 4.79 Å². The summed E-state index contributed by atoms with van der Waals surface area (Å²) in [6, 6.07) is 0. The predicted octanol–water partition coefficient (Wildman–Crippen LogP) is 2.08. The van der Waals surface area contributed by atoms with Crippen LogP contribution in [-0.2, 0) is 11.2 Å². The van der Waals surface area contributed by atoms with Gasteiger partial charge in [0.2, 0.25) is 5.89 Å². The van der Waals surface area contributed by atoms with Crippen LogP contribution in [0.1, 0.15) is 44.3 Å². The normalized spacial score (nSPS) is 13.6. The maximum atomic E-state index is 11.1. The third-order valence-electron chi connectivity index (χ3n) is 2.79. The van der Waals surface area contributed by atoms with Gasteiger partial charge in [-0.05, 0) is 11.3 Å². The summed E-state index contributed by atoms with van der Waals surface area (Å²) in [5.74, 6) is 0.182. The molecule has 0 aliphatic rings. The molecule has 16 heavy (non-hydrogen) atoms. The second-order valence-corrected chi connectivity index (χ2v) is 4.96. The molecule has 0 saturated carbocycles. The van der Waals surface area contributed by atoms with E-state index in [0.717, 1.165) is 0 Å². The lowest BCUT2D eigenvalue weighted by atomic mass is 9.80. The molecule has 0 fully saturated rings. The molecule has 0 saturated heterocycles. The molecule has 0 aromatic carbocycles. The zero-order chi connectivity index (χ0) is 12.3. The van der Waals surface area contributed by atoms with Crippen LogP contribution in [0.3, 0.4) is 0 Å². The van der Waals surface area contributed by atoms with E-state index in [2.05, 4.69) is 42.6 Å². The first-order chi connectivity index (χ1) is 7.34. The Bertz CT molecular complexity index is 366.